The number of rotatable bonds is 3. The molecule has 0 saturated heterocycles. The molecule has 0 atom stereocenters. The first kappa shape index (κ1) is 13.4. The molecule has 2 aromatic rings. The van der Waals surface area contributed by atoms with E-state index in [1.165, 1.54) is 0 Å². The molecular formula is C16H15NO4. The van der Waals surface area contributed by atoms with E-state index in [1.54, 1.807) is 16.7 Å². The monoisotopic (exact) mass is 285 g/mol. The topological polar surface area (TPSA) is 57.5 Å². The first-order chi connectivity index (χ1) is 10.2. The molecule has 0 radical (unpaired) electrons. The molecule has 1 aromatic carbocycles. The minimum Gasteiger partial charge on any atom is -0.486 e. The molecule has 0 saturated carbocycles. The van der Waals surface area contributed by atoms with Crippen LogP contribution in [0.4, 0.5) is 0 Å². The Morgan fingerprint density at radius 2 is 1.90 bits per heavy atom. The van der Waals surface area contributed by atoms with Crippen molar-refractivity contribution in [3.05, 3.63) is 46.2 Å². The summed E-state index contributed by atoms with van der Waals surface area (Å²) < 4.78 is 12.6. The Bertz CT molecular complexity index is 748. The number of benzene rings is 1. The Hall–Kier alpha value is -2.56. The molecule has 0 amide bonds. The van der Waals surface area contributed by atoms with Crippen molar-refractivity contribution in [2.45, 2.75) is 13.5 Å². The second-order valence-corrected chi connectivity index (χ2v) is 4.70. The molecule has 3 rings (SSSR count). The molecule has 0 aliphatic carbocycles. The van der Waals surface area contributed by atoms with E-state index in [4.69, 9.17) is 9.47 Å². The Morgan fingerprint density at radius 3 is 2.62 bits per heavy atom. The average molecular weight is 285 g/mol. The van der Waals surface area contributed by atoms with Crippen LogP contribution in [0, 0.1) is 0 Å². The lowest BCUT2D eigenvalue weighted by Crippen LogP contribution is -2.24. The third-order valence-corrected chi connectivity index (χ3v) is 3.48. The van der Waals surface area contributed by atoms with Gasteiger partial charge in [0.1, 0.15) is 13.2 Å². The molecule has 0 N–H and O–H groups in total. The summed E-state index contributed by atoms with van der Waals surface area (Å²) in [6.45, 7) is 3.42. The van der Waals surface area contributed by atoms with Gasteiger partial charge >= 0.3 is 0 Å². The number of pyridine rings is 1. The lowest BCUT2D eigenvalue weighted by Gasteiger charge is -2.19. The summed E-state index contributed by atoms with van der Waals surface area (Å²) in [5.74, 6) is 1.38. The van der Waals surface area contributed by atoms with Gasteiger partial charge in [-0.2, -0.15) is 0 Å². The predicted octanol–water partition coefficient (Wildman–Crippen LogP) is 2.12. The average Bonchev–Trinajstić information content (AvgIpc) is 2.54. The second-order valence-electron chi connectivity index (χ2n) is 4.70. The van der Waals surface area contributed by atoms with Crippen molar-refractivity contribution >= 4 is 6.29 Å². The quantitative estimate of drug-likeness (QED) is 0.811. The first-order valence-electron chi connectivity index (χ1n) is 6.83. The van der Waals surface area contributed by atoms with Crippen LogP contribution in [-0.4, -0.2) is 24.1 Å². The van der Waals surface area contributed by atoms with Crippen molar-refractivity contribution in [3.8, 4) is 22.8 Å². The van der Waals surface area contributed by atoms with Crippen LogP contribution in [-0.2, 0) is 6.54 Å². The van der Waals surface area contributed by atoms with Crippen LogP contribution >= 0.6 is 0 Å². The van der Waals surface area contributed by atoms with Crippen LogP contribution in [0.5, 0.6) is 11.5 Å². The number of nitrogens with zero attached hydrogens (tertiary/aromatic N) is 1. The van der Waals surface area contributed by atoms with Gasteiger partial charge in [0.25, 0.3) is 5.56 Å². The van der Waals surface area contributed by atoms with E-state index in [-0.39, 0.29) is 11.1 Å². The van der Waals surface area contributed by atoms with Crippen molar-refractivity contribution < 1.29 is 14.3 Å². The number of aromatic nitrogens is 1. The lowest BCUT2D eigenvalue weighted by molar-refractivity contribution is 0.112. The van der Waals surface area contributed by atoms with Gasteiger partial charge in [0, 0.05) is 12.1 Å². The number of fused-ring (bicyclic) bond motifs is 1. The largest absolute Gasteiger partial charge is 0.486 e. The second kappa shape index (κ2) is 5.44. The number of aldehydes is 1. The molecule has 1 aromatic heterocycles. The highest BCUT2D eigenvalue weighted by Gasteiger charge is 2.15. The Morgan fingerprint density at radius 1 is 1.14 bits per heavy atom. The maximum absolute atomic E-state index is 12.2. The van der Waals surface area contributed by atoms with Crippen molar-refractivity contribution in [1.82, 2.24) is 4.57 Å². The highest BCUT2D eigenvalue weighted by atomic mass is 16.6. The van der Waals surface area contributed by atoms with Crippen LogP contribution in [0.25, 0.3) is 11.3 Å². The molecule has 21 heavy (non-hydrogen) atoms. The zero-order valence-corrected chi connectivity index (χ0v) is 11.7. The van der Waals surface area contributed by atoms with Gasteiger partial charge in [-0.3, -0.25) is 9.59 Å². The van der Waals surface area contributed by atoms with E-state index in [0.717, 1.165) is 11.3 Å². The Balaban J connectivity index is 2.14. The SMILES string of the molecule is CCn1c(-c2ccc3c(c2)OCCO3)ccc(C=O)c1=O. The van der Waals surface area contributed by atoms with Crippen LogP contribution < -0.4 is 15.0 Å². The van der Waals surface area contributed by atoms with Crippen LogP contribution in [0.15, 0.2) is 35.1 Å². The fourth-order valence-electron chi connectivity index (χ4n) is 2.45. The third-order valence-electron chi connectivity index (χ3n) is 3.48. The van der Waals surface area contributed by atoms with Crippen LogP contribution in [0.2, 0.25) is 0 Å². The van der Waals surface area contributed by atoms with Crippen molar-refractivity contribution in [2.24, 2.45) is 0 Å². The maximum atomic E-state index is 12.2. The van der Waals surface area contributed by atoms with E-state index < -0.39 is 0 Å². The zero-order chi connectivity index (χ0) is 14.8. The molecule has 5 heteroatoms. The van der Waals surface area contributed by atoms with Gasteiger partial charge in [0.15, 0.2) is 17.8 Å². The summed E-state index contributed by atoms with van der Waals surface area (Å²) in [7, 11) is 0. The first-order valence-corrected chi connectivity index (χ1v) is 6.83. The smallest absolute Gasteiger partial charge is 0.261 e. The van der Waals surface area contributed by atoms with Crippen molar-refractivity contribution in [2.75, 3.05) is 13.2 Å². The summed E-state index contributed by atoms with van der Waals surface area (Å²) in [4.78, 5) is 23.1. The molecule has 0 unspecified atom stereocenters. The third kappa shape index (κ3) is 2.31. The zero-order valence-electron chi connectivity index (χ0n) is 11.7. The summed E-state index contributed by atoms with van der Waals surface area (Å²) in [6.07, 6.45) is 0.585. The summed E-state index contributed by atoms with van der Waals surface area (Å²) in [5, 5.41) is 0. The van der Waals surface area contributed by atoms with Gasteiger partial charge in [0.05, 0.1) is 11.3 Å². The van der Waals surface area contributed by atoms with Gasteiger partial charge in [0.2, 0.25) is 0 Å². The molecule has 0 bridgehead atoms. The highest BCUT2D eigenvalue weighted by molar-refractivity contribution is 5.75. The van der Waals surface area contributed by atoms with E-state index in [9.17, 15) is 9.59 Å². The Labute approximate surface area is 121 Å². The summed E-state index contributed by atoms with van der Waals surface area (Å²) in [5.41, 5.74) is 1.50. The molecule has 0 spiro atoms. The fraction of sp³-hybridized carbons (Fsp3) is 0.250. The van der Waals surface area contributed by atoms with E-state index in [2.05, 4.69) is 0 Å². The minimum absolute atomic E-state index is 0.165. The molecule has 0 fully saturated rings. The van der Waals surface area contributed by atoms with Crippen LogP contribution in [0.3, 0.4) is 0 Å². The minimum atomic E-state index is -0.278. The maximum Gasteiger partial charge on any atom is 0.261 e. The highest BCUT2D eigenvalue weighted by Crippen LogP contribution is 2.34. The van der Waals surface area contributed by atoms with Crippen molar-refractivity contribution in [3.63, 3.8) is 0 Å². The number of hydrogen-bond donors (Lipinski definition) is 0. The van der Waals surface area contributed by atoms with Gasteiger partial charge in [-0.25, -0.2) is 0 Å². The molecule has 1 aliphatic heterocycles. The Kier molecular flexibility index (Phi) is 3.48. The number of ether oxygens (including phenoxy) is 2. The van der Waals surface area contributed by atoms with Crippen molar-refractivity contribution in [1.29, 1.82) is 0 Å². The predicted molar refractivity (Wildman–Crippen MR) is 78.2 cm³/mol. The lowest BCUT2D eigenvalue weighted by atomic mass is 10.1. The number of carbonyl (C=O) groups is 1. The van der Waals surface area contributed by atoms with Gasteiger partial charge in [-0.15, -0.1) is 0 Å². The number of hydrogen-bond acceptors (Lipinski definition) is 4. The summed E-state index contributed by atoms with van der Waals surface area (Å²) in [6, 6.07) is 8.90. The van der Waals surface area contributed by atoms with E-state index >= 15 is 0 Å². The molecule has 2 heterocycles. The van der Waals surface area contributed by atoms with Gasteiger partial charge in [-0.05, 0) is 37.3 Å². The van der Waals surface area contributed by atoms with Gasteiger partial charge < -0.3 is 14.0 Å². The normalized spacial score (nSPS) is 13.0. The molecule has 5 nitrogen and oxygen atoms in total. The van der Waals surface area contributed by atoms with Gasteiger partial charge in [-0.1, -0.05) is 0 Å². The van der Waals surface area contributed by atoms with E-state index in [0.29, 0.717) is 37.5 Å². The van der Waals surface area contributed by atoms with Crippen LogP contribution in [0.1, 0.15) is 17.3 Å². The number of carbonyl (C=O) groups excluding carboxylic acids is 1. The standard InChI is InChI=1S/C16H15NO4/c1-2-17-13(5-3-12(10-18)16(17)19)11-4-6-14-15(9-11)21-8-7-20-14/h3-6,9-10H,2,7-8H2,1H3. The molecule has 108 valence electrons. The van der Waals surface area contributed by atoms with E-state index in [1.807, 2.05) is 25.1 Å². The molecular weight excluding hydrogens is 270 g/mol. The summed E-state index contributed by atoms with van der Waals surface area (Å²) >= 11 is 0. The molecule has 1 aliphatic rings. The fourth-order valence-corrected chi connectivity index (χ4v) is 2.45.